The van der Waals surface area contributed by atoms with Crippen LogP contribution in [0, 0.1) is 5.92 Å². The van der Waals surface area contributed by atoms with Crippen LogP contribution in [0.2, 0.25) is 0 Å². The van der Waals surface area contributed by atoms with Crippen molar-refractivity contribution in [1.82, 2.24) is 5.32 Å². The van der Waals surface area contributed by atoms with E-state index >= 15 is 0 Å². The first-order valence-electron chi connectivity index (χ1n) is 5.60. The highest BCUT2D eigenvalue weighted by Gasteiger charge is 2.20. The number of rotatable bonds is 8. The summed E-state index contributed by atoms with van der Waals surface area (Å²) in [6, 6.07) is -0.767. The number of nitrogens with one attached hydrogen (secondary N) is 1. The summed E-state index contributed by atoms with van der Waals surface area (Å²) < 4.78 is 0. The number of amides is 1. The van der Waals surface area contributed by atoms with E-state index in [1.165, 1.54) is 0 Å². The Balaban J connectivity index is 4.03. The zero-order valence-corrected chi connectivity index (χ0v) is 10.0. The van der Waals surface area contributed by atoms with Gasteiger partial charge >= 0.3 is 5.97 Å². The van der Waals surface area contributed by atoms with Crippen LogP contribution < -0.4 is 5.32 Å². The summed E-state index contributed by atoms with van der Waals surface area (Å²) in [7, 11) is 0. The molecule has 0 spiro atoms. The highest BCUT2D eigenvalue weighted by Crippen LogP contribution is 2.06. The molecule has 92 valence electrons. The summed E-state index contributed by atoms with van der Waals surface area (Å²) in [5.41, 5.74) is 0. The number of aliphatic carboxylic acids is 1. The van der Waals surface area contributed by atoms with Gasteiger partial charge < -0.3 is 10.4 Å². The molecule has 1 atom stereocenters. The van der Waals surface area contributed by atoms with E-state index in [0.717, 1.165) is 6.42 Å². The predicted octanol–water partition coefficient (Wildman–Crippen LogP) is 1.96. The van der Waals surface area contributed by atoms with Crippen molar-refractivity contribution in [2.45, 2.75) is 45.6 Å². The van der Waals surface area contributed by atoms with Crippen LogP contribution in [0.15, 0.2) is 12.7 Å². The molecule has 0 fully saturated rings. The zero-order valence-electron chi connectivity index (χ0n) is 10.0. The van der Waals surface area contributed by atoms with E-state index in [0.29, 0.717) is 19.3 Å². The maximum atomic E-state index is 11.4. The number of unbranched alkanes of at least 4 members (excludes halogenated alkanes) is 1. The van der Waals surface area contributed by atoms with Gasteiger partial charge in [0.1, 0.15) is 6.04 Å². The smallest absolute Gasteiger partial charge is 0.326 e. The van der Waals surface area contributed by atoms with E-state index < -0.39 is 12.0 Å². The van der Waals surface area contributed by atoms with Gasteiger partial charge in [-0.25, -0.2) is 4.79 Å². The molecule has 0 aliphatic heterocycles. The van der Waals surface area contributed by atoms with E-state index in [-0.39, 0.29) is 11.8 Å². The highest BCUT2D eigenvalue weighted by molar-refractivity contribution is 5.83. The van der Waals surface area contributed by atoms with E-state index in [4.69, 9.17) is 5.11 Å². The summed E-state index contributed by atoms with van der Waals surface area (Å²) >= 11 is 0. The molecule has 4 heteroatoms. The van der Waals surface area contributed by atoms with Crippen LogP contribution in [-0.4, -0.2) is 23.0 Å². The fourth-order valence-corrected chi connectivity index (χ4v) is 1.37. The molecule has 0 aromatic carbocycles. The first kappa shape index (κ1) is 14.7. The van der Waals surface area contributed by atoms with Crippen molar-refractivity contribution in [2.24, 2.45) is 5.92 Å². The minimum absolute atomic E-state index is 0.199. The molecule has 0 aliphatic carbocycles. The van der Waals surface area contributed by atoms with Crippen LogP contribution >= 0.6 is 0 Å². The van der Waals surface area contributed by atoms with Crippen LogP contribution in [0.3, 0.4) is 0 Å². The Kier molecular flexibility index (Phi) is 7.25. The van der Waals surface area contributed by atoms with Crippen molar-refractivity contribution in [2.75, 3.05) is 0 Å². The van der Waals surface area contributed by atoms with Gasteiger partial charge in [-0.2, -0.15) is 0 Å². The molecule has 0 radical (unpaired) electrons. The highest BCUT2D eigenvalue weighted by atomic mass is 16.4. The molecular formula is C12H21NO3. The summed E-state index contributed by atoms with van der Waals surface area (Å²) in [6.45, 7) is 7.42. The van der Waals surface area contributed by atoms with Crippen molar-refractivity contribution in [3.8, 4) is 0 Å². The third-order valence-electron chi connectivity index (χ3n) is 2.15. The molecule has 16 heavy (non-hydrogen) atoms. The third-order valence-corrected chi connectivity index (χ3v) is 2.15. The predicted molar refractivity (Wildman–Crippen MR) is 63.1 cm³/mol. The lowest BCUT2D eigenvalue weighted by atomic mass is 10.0. The summed E-state index contributed by atoms with van der Waals surface area (Å²) in [6.07, 6.45) is 4.05. The van der Waals surface area contributed by atoms with E-state index in [1.54, 1.807) is 6.08 Å². The fraction of sp³-hybridized carbons (Fsp3) is 0.667. The molecular weight excluding hydrogens is 206 g/mol. The van der Waals surface area contributed by atoms with Crippen LogP contribution in [0.5, 0.6) is 0 Å². The van der Waals surface area contributed by atoms with Gasteiger partial charge in [-0.1, -0.05) is 19.9 Å². The minimum Gasteiger partial charge on any atom is -0.480 e. The molecule has 0 aliphatic rings. The quantitative estimate of drug-likeness (QED) is 0.492. The van der Waals surface area contributed by atoms with Crippen molar-refractivity contribution in [3.63, 3.8) is 0 Å². The Morgan fingerprint density at radius 2 is 2.06 bits per heavy atom. The van der Waals surface area contributed by atoms with Crippen molar-refractivity contribution < 1.29 is 14.7 Å². The second kappa shape index (κ2) is 7.91. The summed E-state index contributed by atoms with van der Waals surface area (Å²) in [5, 5.41) is 11.4. The number of carbonyl (C=O) groups excluding carboxylic acids is 1. The maximum absolute atomic E-state index is 11.4. The summed E-state index contributed by atoms with van der Waals surface area (Å²) in [4.78, 5) is 22.3. The number of hydrogen-bond acceptors (Lipinski definition) is 2. The molecule has 0 aromatic rings. The lowest BCUT2D eigenvalue weighted by Gasteiger charge is -2.16. The second-order valence-corrected chi connectivity index (χ2v) is 4.27. The molecule has 0 rings (SSSR count). The van der Waals surface area contributed by atoms with E-state index in [9.17, 15) is 9.59 Å². The van der Waals surface area contributed by atoms with Crippen LogP contribution in [0.4, 0.5) is 0 Å². The molecule has 4 nitrogen and oxygen atoms in total. The average Bonchev–Trinajstić information content (AvgIpc) is 2.16. The number of carboxylic acids is 1. The number of carbonyl (C=O) groups is 2. The molecule has 0 bridgehead atoms. The Labute approximate surface area is 96.7 Å². The van der Waals surface area contributed by atoms with E-state index in [2.05, 4.69) is 11.9 Å². The Bertz CT molecular complexity index is 249. The maximum Gasteiger partial charge on any atom is 0.326 e. The Morgan fingerprint density at radius 3 is 2.50 bits per heavy atom. The normalized spacial score (nSPS) is 12.2. The van der Waals surface area contributed by atoms with Gasteiger partial charge in [-0.05, 0) is 25.2 Å². The SMILES string of the molecule is C=CCCCC(=O)N[C@H](CC(C)C)C(=O)O. The third kappa shape index (κ3) is 7.04. The molecule has 2 N–H and O–H groups in total. The number of carboxylic acid groups (broad SMARTS) is 1. The lowest BCUT2D eigenvalue weighted by molar-refractivity contribution is -0.142. The van der Waals surface area contributed by atoms with Gasteiger partial charge in [-0.15, -0.1) is 6.58 Å². The molecule has 0 saturated heterocycles. The zero-order chi connectivity index (χ0) is 12.6. The van der Waals surface area contributed by atoms with Gasteiger partial charge in [0.15, 0.2) is 0 Å². The molecule has 0 unspecified atom stereocenters. The fourth-order valence-electron chi connectivity index (χ4n) is 1.37. The monoisotopic (exact) mass is 227 g/mol. The van der Waals surface area contributed by atoms with Gasteiger partial charge in [0.2, 0.25) is 5.91 Å². The van der Waals surface area contributed by atoms with E-state index in [1.807, 2.05) is 13.8 Å². The van der Waals surface area contributed by atoms with Gasteiger partial charge in [0, 0.05) is 6.42 Å². The van der Waals surface area contributed by atoms with Gasteiger partial charge in [0.25, 0.3) is 0 Å². The first-order valence-corrected chi connectivity index (χ1v) is 5.60. The van der Waals surface area contributed by atoms with Crippen molar-refractivity contribution in [1.29, 1.82) is 0 Å². The summed E-state index contributed by atoms with van der Waals surface area (Å²) in [5.74, 6) is -0.921. The standard InChI is InChI=1S/C12H21NO3/c1-4-5-6-7-11(14)13-10(12(15)16)8-9(2)3/h4,9-10H,1,5-8H2,2-3H3,(H,13,14)(H,15,16)/t10-/m1/s1. The molecule has 0 heterocycles. The van der Waals surface area contributed by atoms with Crippen LogP contribution in [0.1, 0.15) is 39.5 Å². The largest absolute Gasteiger partial charge is 0.480 e. The lowest BCUT2D eigenvalue weighted by Crippen LogP contribution is -2.41. The minimum atomic E-state index is -0.967. The number of hydrogen-bond donors (Lipinski definition) is 2. The number of allylic oxidation sites excluding steroid dienone is 1. The average molecular weight is 227 g/mol. The van der Waals surface area contributed by atoms with Gasteiger partial charge in [0.05, 0.1) is 0 Å². The topological polar surface area (TPSA) is 66.4 Å². The second-order valence-electron chi connectivity index (χ2n) is 4.27. The Morgan fingerprint density at radius 1 is 1.44 bits per heavy atom. The first-order chi connectivity index (χ1) is 7.47. The van der Waals surface area contributed by atoms with Crippen molar-refractivity contribution >= 4 is 11.9 Å². The van der Waals surface area contributed by atoms with Crippen LogP contribution in [0.25, 0.3) is 0 Å². The Hall–Kier alpha value is -1.32. The molecule has 0 saturated carbocycles. The van der Waals surface area contributed by atoms with Gasteiger partial charge in [-0.3, -0.25) is 4.79 Å². The molecule has 1 amide bonds. The molecule has 0 aromatic heterocycles. The van der Waals surface area contributed by atoms with Crippen LogP contribution in [-0.2, 0) is 9.59 Å². The van der Waals surface area contributed by atoms with Crippen molar-refractivity contribution in [3.05, 3.63) is 12.7 Å².